The maximum absolute atomic E-state index is 13.5. The quantitative estimate of drug-likeness (QED) is 0.535. The van der Waals surface area contributed by atoms with Crippen LogP contribution >= 0.6 is 0 Å². The minimum atomic E-state index is -1.02. The minimum absolute atomic E-state index is 0.158. The predicted octanol–water partition coefficient (Wildman–Crippen LogP) is 4.26. The molecule has 0 saturated heterocycles. The number of anilines is 1. The Kier molecular flexibility index (Phi) is 4.35. The number of carbonyl (C=O) groups excluding carboxylic acids is 1. The van der Waals surface area contributed by atoms with Gasteiger partial charge in [0.1, 0.15) is 5.69 Å². The second kappa shape index (κ2) is 6.84. The number of aromatic nitrogens is 3. The van der Waals surface area contributed by atoms with Crippen molar-refractivity contribution in [3.63, 3.8) is 0 Å². The van der Waals surface area contributed by atoms with Gasteiger partial charge in [0, 0.05) is 30.6 Å². The number of imidazole rings is 1. The Labute approximate surface area is 159 Å². The van der Waals surface area contributed by atoms with Crippen LogP contribution in [-0.2, 0) is 0 Å². The van der Waals surface area contributed by atoms with Gasteiger partial charge in [-0.2, -0.15) is 0 Å². The maximum atomic E-state index is 13.5. The van der Waals surface area contributed by atoms with Crippen molar-refractivity contribution >= 4 is 17.2 Å². The van der Waals surface area contributed by atoms with E-state index in [1.165, 1.54) is 24.2 Å². The molecule has 1 amide bonds. The van der Waals surface area contributed by atoms with Crippen molar-refractivity contribution in [3.8, 4) is 11.3 Å². The first-order chi connectivity index (χ1) is 13.4. The van der Waals surface area contributed by atoms with Crippen molar-refractivity contribution in [3.05, 3.63) is 83.9 Å². The van der Waals surface area contributed by atoms with Crippen molar-refractivity contribution in [2.75, 3.05) is 11.9 Å². The van der Waals surface area contributed by atoms with E-state index in [0.717, 1.165) is 29.0 Å². The van der Waals surface area contributed by atoms with Crippen LogP contribution in [0.4, 0.5) is 14.5 Å². The number of hydrogen-bond donors (Lipinski definition) is 0. The summed E-state index contributed by atoms with van der Waals surface area (Å²) in [6, 6.07) is 11.3. The van der Waals surface area contributed by atoms with E-state index in [1.807, 2.05) is 31.2 Å². The first-order valence-electron chi connectivity index (χ1n) is 8.57. The zero-order valence-corrected chi connectivity index (χ0v) is 15.2. The minimum Gasteiger partial charge on any atom is -0.310 e. The lowest BCUT2D eigenvalue weighted by molar-refractivity contribution is 0.0987. The molecular weight excluding hydrogens is 362 g/mol. The van der Waals surface area contributed by atoms with Crippen LogP contribution < -0.4 is 4.90 Å². The number of benzene rings is 2. The molecule has 140 valence electrons. The van der Waals surface area contributed by atoms with Crippen LogP contribution in [0.2, 0.25) is 0 Å². The lowest BCUT2D eigenvalue weighted by Gasteiger charge is -2.17. The average molecular weight is 378 g/mol. The van der Waals surface area contributed by atoms with Gasteiger partial charge in [0.25, 0.3) is 5.91 Å². The first kappa shape index (κ1) is 17.8. The summed E-state index contributed by atoms with van der Waals surface area (Å²) in [6.45, 7) is 2.01. The van der Waals surface area contributed by atoms with E-state index < -0.39 is 17.5 Å². The topological polar surface area (TPSA) is 50.5 Å². The highest BCUT2D eigenvalue weighted by Gasteiger charge is 2.18. The molecule has 7 heteroatoms. The molecule has 0 spiro atoms. The van der Waals surface area contributed by atoms with Gasteiger partial charge < -0.3 is 4.90 Å². The maximum Gasteiger partial charge on any atom is 0.278 e. The molecule has 0 aliphatic carbocycles. The Balaban J connectivity index is 1.72. The third kappa shape index (κ3) is 3.11. The molecule has 2 aromatic heterocycles. The first-order valence-corrected chi connectivity index (χ1v) is 8.57. The number of carbonyl (C=O) groups is 1. The van der Waals surface area contributed by atoms with Gasteiger partial charge in [-0.05, 0) is 19.1 Å². The summed E-state index contributed by atoms with van der Waals surface area (Å²) in [5, 5.41) is 0. The zero-order chi connectivity index (χ0) is 19.8. The fraction of sp³-hybridized carbons (Fsp3) is 0.0952. The van der Waals surface area contributed by atoms with Gasteiger partial charge in [-0.1, -0.05) is 29.8 Å². The molecule has 2 heterocycles. The second-order valence-electron chi connectivity index (χ2n) is 6.47. The summed E-state index contributed by atoms with van der Waals surface area (Å²) < 4.78 is 28.4. The Morgan fingerprint density at radius 3 is 2.46 bits per heavy atom. The number of hydrogen-bond acceptors (Lipinski definition) is 3. The number of nitrogens with zero attached hydrogens (tertiary/aromatic N) is 4. The third-order valence-electron chi connectivity index (χ3n) is 4.56. The molecular formula is C21H16F2N4O. The van der Waals surface area contributed by atoms with E-state index in [1.54, 1.807) is 16.8 Å². The van der Waals surface area contributed by atoms with E-state index in [4.69, 9.17) is 0 Å². The molecule has 2 aromatic carbocycles. The van der Waals surface area contributed by atoms with Gasteiger partial charge in [-0.25, -0.2) is 18.7 Å². The number of amides is 1. The third-order valence-corrected chi connectivity index (χ3v) is 4.56. The molecule has 4 rings (SSSR count). The van der Waals surface area contributed by atoms with Crippen LogP contribution in [0.5, 0.6) is 0 Å². The van der Waals surface area contributed by atoms with E-state index in [0.29, 0.717) is 5.65 Å². The number of rotatable bonds is 3. The van der Waals surface area contributed by atoms with Gasteiger partial charge in [0.05, 0.1) is 18.1 Å². The monoisotopic (exact) mass is 378 g/mol. The average Bonchev–Trinajstić information content (AvgIpc) is 3.12. The highest BCUT2D eigenvalue weighted by Crippen LogP contribution is 2.22. The second-order valence-corrected chi connectivity index (χ2v) is 6.47. The fourth-order valence-corrected chi connectivity index (χ4v) is 2.92. The van der Waals surface area contributed by atoms with Crippen LogP contribution in [0.1, 0.15) is 16.1 Å². The predicted molar refractivity (Wildman–Crippen MR) is 102 cm³/mol. The smallest absolute Gasteiger partial charge is 0.278 e. The molecule has 0 atom stereocenters. The summed E-state index contributed by atoms with van der Waals surface area (Å²) in [5.74, 6) is -2.43. The van der Waals surface area contributed by atoms with Crippen molar-refractivity contribution in [2.24, 2.45) is 0 Å². The van der Waals surface area contributed by atoms with Crippen LogP contribution in [0, 0.1) is 18.6 Å². The molecule has 5 nitrogen and oxygen atoms in total. The lowest BCUT2D eigenvalue weighted by atomic mass is 10.1. The number of fused-ring (bicyclic) bond motifs is 1. The Bertz CT molecular complexity index is 1180. The van der Waals surface area contributed by atoms with Gasteiger partial charge in [0.15, 0.2) is 17.3 Å². The molecule has 0 bridgehead atoms. The molecule has 0 fully saturated rings. The van der Waals surface area contributed by atoms with E-state index in [9.17, 15) is 13.6 Å². The van der Waals surface area contributed by atoms with Crippen LogP contribution in [0.3, 0.4) is 0 Å². The molecule has 0 radical (unpaired) electrons. The Morgan fingerprint density at radius 2 is 1.75 bits per heavy atom. The standard InChI is InChI=1S/C21H16F2N4O/c1-13-3-5-14(6-4-13)19-10-25-20-11-24-18(12-27(19)20)21(28)26(2)15-7-8-16(22)17(23)9-15/h3-12H,1-2H3. The zero-order valence-electron chi connectivity index (χ0n) is 15.2. The summed E-state index contributed by atoms with van der Waals surface area (Å²) in [6.07, 6.45) is 4.81. The summed E-state index contributed by atoms with van der Waals surface area (Å²) in [5.41, 5.74) is 3.91. The molecule has 0 N–H and O–H groups in total. The largest absolute Gasteiger partial charge is 0.310 e. The summed E-state index contributed by atoms with van der Waals surface area (Å²) in [4.78, 5) is 22.5. The Morgan fingerprint density at radius 1 is 1.00 bits per heavy atom. The van der Waals surface area contributed by atoms with Crippen molar-refractivity contribution in [1.29, 1.82) is 0 Å². The number of halogens is 2. The van der Waals surface area contributed by atoms with Gasteiger partial charge >= 0.3 is 0 Å². The molecule has 0 aliphatic rings. The molecule has 0 saturated carbocycles. The lowest BCUT2D eigenvalue weighted by Crippen LogP contribution is -2.27. The molecule has 0 unspecified atom stereocenters. The van der Waals surface area contributed by atoms with Crippen molar-refractivity contribution in [2.45, 2.75) is 6.92 Å². The highest BCUT2D eigenvalue weighted by molar-refractivity contribution is 6.04. The van der Waals surface area contributed by atoms with Crippen LogP contribution in [0.15, 0.2) is 61.1 Å². The molecule has 4 aromatic rings. The SMILES string of the molecule is Cc1ccc(-c2cnc3cnc(C(=O)N(C)c4ccc(F)c(F)c4)cn23)cc1. The summed E-state index contributed by atoms with van der Waals surface area (Å²) >= 11 is 0. The van der Waals surface area contributed by atoms with Crippen LogP contribution in [0.25, 0.3) is 16.9 Å². The van der Waals surface area contributed by atoms with E-state index >= 15 is 0 Å². The van der Waals surface area contributed by atoms with E-state index in [2.05, 4.69) is 9.97 Å². The van der Waals surface area contributed by atoms with Crippen LogP contribution in [-0.4, -0.2) is 27.3 Å². The van der Waals surface area contributed by atoms with Crippen molar-refractivity contribution < 1.29 is 13.6 Å². The fourth-order valence-electron chi connectivity index (χ4n) is 2.92. The Hall–Kier alpha value is -3.61. The van der Waals surface area contributed by atoms with Gasteiger partial charge in [-0.15, -0.1) is 0 Å². The van der Waals surface area contributed by atoms with Crippen molar-refractivity contribution in [1.82, 2.24) is 14.4 Å². The highest BCUT2D eigenvalue weighted by atomic mass is 19.2. The molecule has 0 aliphatic heterocycles. The van der Waals surface area contributed by atoms with Gasteiger partial charge in [0.2, 0.25) is 0 Å². The number of aryl methyl sites for hydroxylation is 1. The van der Waals surface area contributed by atoms with E-state index in [-0.39, 0.29) is 11.4 Å². The normalized spacial score (nSPS) is 11.0. The molecule has 28 heavy (non-hydrogen) atoms. The summed E-state index contributed by atoms with van der Waals surface area (Å²) in [7, 11) is 1.48. The van der Waals surface area contributed by atoms with Gasteiger partial charge in [-0.3, -0.25) is 9.20 Å².